The van der Waals surface area contributed by atoms with E-state index in [2.05, 4.69) is 0 Å². The Labute approximate surface area is 75.8 Å². The van der Waals surface area contributed by atoms with Crippen LogP contribution >= 0.6 is 0 Å². The van der Waals surface area contributed by atoms with Crippen molar-refractivity contribution in [3.63, 3.8) is 0 Å². The third-order valence-electron chi connectivity index (χ3n) is 0.901. The van der Waals surface area contributed by atoms with Crippen molar-refractivity contribution in [2.75, 3.05) is 0 Å². The number of imidazole rings is 1. The highest BCUT2D eigenvalue weighted by atomic mass is 16.2. The van der Waals surface area contributed by atoms with Gasteiger partial charge in [-0.3, -0.25) is 4.79 Å². The molecule has 0 spiro atoms. The summed E-state index contributed by atoms with van der Waals surface area (Å²) in [5.41, 5.74) is 0. The van der Waals surface area contributed by atoms with Gasteiger partial charge in [-0.2, -0.15) is 5.26 Å². The van der Waals surface area contributed by atoms with Crippen LogP contribution in [-0.4, -0.2) is 15.8 Å². The molecule has 0 aromatic carbocycles. The first-order valence-corrected chi connectivity index (χ1v) is 3.14. The van der Waals surface area contributed by atoms with Gasteiger partial charge in [-0.05, 0) is 6.08 Å². The van der Waals surface area contributed by atoms with Gasteiger partial charge >= 0.3 is 0 Å². The molecule has 0 bridgehead atoms. The highest BCUT2D eigenvalue weighted by Gasteiger charge is 1.87. The lowest BCUT2D eigenvalue weighted by molar-refractivity contribution is -0.670. The molecule has 6 heteroatoms. The molecule has 1 aromatic heterocycles. The summed E-state index contributed by atoms with van der Waals surface area (Å²) in [5.74, 6) is 0. The van der Waals surface area contributed by atoms with Gasteiger partial charge in [0.15, 0.2) is 0 Å². The quantitative estimate of drug-likeness (QED) is 0.255. The first kappa shape index (κ1) is 13.5. The highest BCUT2D eigenvalue weighted by Crippen LogP contribution is 1.70. The van der Waals surface area contributed by atoms with Crippen LogP contribution < -0.4 is 4.57 Å². The van der Waals surface area contributed by atoms with E-state index >= 15 is 0 Å². The Hall–Kier alpha value is -2.12. The molecule has 0 saturated carbocycles. The van der Waals surface area contributed by atoms with Gasteiger partial charge in [-0.15, -0.1) is 0 Å². The number of carbonyl (C=O) groups excluding carboxylic acids is 1. The van der Waals surface area contributed by atoms with E-state index in [1.165, 1.54) is 0 Å². The summed E-state index contributed by atoms with van der Waals surface area (Å²) in [6.07, 6.45) is 7.25. The zero-order chi connectivity index (χ0) is 10.7. The topological polar surface area (TPSA) is 92.2 Å². The predicted octanol–water partition coefficient (Wildman–Crippen LogP) is -0.419. The van der Waals surface area contributed by atoms with E-state index in [4.69, 9.17) is 20.6 Å². The molecular weight excluding hydrogens is 172 g/mol. The number of rotatable bonds is 0. The number of nitrogens with zero attached hydrogens (tertiary/aromatic N) is 4. The Morgan fingerprint density at radius 2 is 2.08 bits per heavy atom. The molecule has 1 heterocycles. The Kier molecular flexibility index (Phi) is 10.2. The summed E-state index contributed by atoms with van der Waals surface area (Å²) in [6, 6.07) is 0. The van der Waals surface area contributed by atoms with Gasteiger partial charge in [0.2, 0.25) is 6.33 Å². The Morgan fingerprint density at radius 3 is 2.15 bits per heavy atom. The maximum Gasteiger partial charge on any atom is 0.283 e. The lowest BCUT2D eigenvalue weighted by Gasteiger charge is -1.72. The summed E-state index contributed by atoms with van der Waals surface area (Å²) in [6.45, 7) is 0. The smallest absolute Gasteiger partial charge is 0.283 e. The summed E-state index contributed by atoms with van der Waals surface area (Å²) in [5, 5.41) is 20.5. The molecule has 1 aromatic rings. The van der Waals surface area contributed by atoms with Crippen LogP contribution in [0.25, 0.3) is 5.41 Å². The van der Waals surface area contributed by atoms with E-state index in [1.807, 2.05) is 42.0 Å². The number of aliphatic hydroxyl groups is 1. The molecule has 0 aliphatic rings. The normalized spacial score (nSPS) is 6.23. The van der Waals surface area contributed by atoms with Crippen molar-refractivity contribution in [1.82, 2.24) is 4.57 Å². The minimum absolute atomic E-state index is 0.500. The summed E-state index contributed by atoms with van der Waals surface area (Å²) in [4.78, 5) is 8.24. The van der Waals surface area contributed by atoms with E-state index < -0.39 is 0 Å². The fourth-order valence-electron chi connectivity index (χ4n) is 0.575. The fourth-order valence-corrected chi connectivity index (χ4v) is 0.575. The molecule has 1 rings (SSSR count). The molecular formula is C7H10N4O2. The van der Waals surface area contributed by atoms with Crippen molar-refractivity contribution < 1.29 is 14.5 Å². The number of isocyanates is 1. The largest absolute Gasteiger partial charge is 0.724 e. The Morgan fingerprint density at radius 1 is 1.69 bits per heavy atom. The number of hydrogen-bond donors (Lipinski definition) is 1. The van der Waals surface area contributed by atoms with Crippen LogP contribution in [-0.2, 0) is 18.9 Å². The minimum atomic E-state index is 0.500. The number of nitriles is 1. The van der Waals surface area contributed by atoms with Crippen molar-refractivity contribution in [2.24, 2.45) is 14.1 Å². The van der Waals surface area contributed by atoms with Crippen molar-refractivity contribution in [3.05, 3.63) is 24.1 Å². The second-order valence-electron chi connectivity index (χ2n) is 1.94. The summed E-state index contributed by atoms with van der Waals surface area (Å²) < 4.78 is 4.00. The van der Waals surface area contributed by atoms with Crippen LogP contribution in [0.3, 0.4) is 0 Å². The molecule has 0 aliphatic carbocycles. The molecule has 70 valence electrons. The SMILES string of the molecule is Cn1cc[n+](C)c1.N#CO.[N-]=C=O. The van der Waals surface area contributed by atoms with Crippen molar-refractivity contribution in [3.8, 4) is 6.26 Å². The fraction of sp³-hybridized carbons (Fsp3) is 0.286. The second kappa shape index (κ2) is 9.88. The molecule has 0 radical (unpaired) electrons. The van der Waals surface area contributed by atoms with Crippen LogP contribution in [0, 0.1) is 11.5 Å². The molecule has 13 heavy (non-hydrogen) atoms. The molecule has 6 nitrogen and oxygen atoms in total. The second-order valence-corrected chi connectivity index (χ2v) is 1.94. The number of aliphatic hydroxyl groups excluding tert-OH is 1. The Bertz CT molecular complexity index is 277. The molecule has 0 saturated heterocycles. The van der Waals surface area contributed by atoms with Gasteiger partial charge in [-0.1, -0.05) is 0 Å². The zero-order valence-electron chi connectivity index (χ0n) is 7.38. The third kappa shape index (κ3) is 13.0. The third-order valence-corrected chi connectivity index (χ3v) is 0.901. The van der Waals surface area contributed by atoms with Crippen molar-refractivity contribution in [2.45, 2.75) is 0 Å². The maximum atomic E-state index is 8.24. The number of aromatic nitrogens is 2. The average molecular weight is 182 g/mol. The van der Waals surface area contributed by atoms with Crippen LogP contribution in [0.1, 0.15) is 0 Å². The standard InChI is InChI=1S/C5H9N2.CHNO.CNO/c1-6-3-4-7(2)5-6;2*2-1-3/h3-5H,1-2H3;3H;/q+1;;-1. The summed E-state index contributed by atoms with van der Waals surface area (Å²) >= 11 is 0. The van der Waals surface area contributed by atoms with Gasteiger partial charge in [0.25, 0.3) is 6.26 Å². The zero-order valence-corrected chi connectivity index (χ0v) is 7.38. The monoisotopic (exact) mass is 182 g/mol. The number of hydrogen-bond acceptors (Lipinski definition) is 3. The van der Waals surface area contributed by atoms with Crippen molar-refractivity contribution in [1.29, 1.82) is 5.26 Å². The van der Waals surface area contributed by atoms with E-state index in [0.717, 1.165) is 6.26 Å². The van der Waals surface area contributed by atoms with E-state index in [0.29, 0.717) is 6.08 Å². The maximum absolute atomic E-state index is 8.24. The number of aryl methyl sites for hydroxylation is 2. The lowest BCUT2D eigenvalue weighted by atomic mass is 10.9. The first-order chi connectivity index (χ1) is 6.12. The van der Waals surface area contributed by atoms with Gasteiger partial charge in [0, 0.05) is 0 Å². The Balaban J connectivity index is 0. The molecule has 0 aliphatic heterocycles. The lowest BCUT2D eigenvalue weighted by Crippen LogP contribution is -2.23. The van der Waals surface area contributed by atoms with Crippen LogP contribution in [0.5, 0.6) is 0 Å². The van der Waals surface area contributed by atoms with E-state index in [1.54, 1.807) is 0 Å². The van der Waals surface area contributed by atoms with Gasteiger partial charge < -0.3 is 10.5 Å². The van der Waals surface area contributed by atoms with Crippen LogP contribution in [0.4, 0.5) is 0 Å². The molecule has 0 unspecified atom stereocenters. The van der Waals surface area contributed by atoms with Gasteiger partial charge in [0.1, 0.15) is 12.4 Å². The molecule has 0 atom stereocenters. The first-order valence-electron chi connectivity index (χ1n) is 3.14. The van der Waals surface area contributed by atoms with Gasteiger partial charge in [-0.25, -0.2) is 9.13 Å². The predicted molar refractivity (Wildman–Crippen MR) is 43.2 cm³/mol. The molecule has 0 fully saturated rings. The molecule has 0 amide bonds. The molecule has 1 N–H and O–H groups in total. The van der Waals surface area contributed by atoms with Gasteiger partial charge in [0.05, 0.1) is 14.1 Å². The van der Waals surface area contributed by atoms with E-state index in [-0.39, 0.29) is 0 Å². The average Bonchev–Trinajstić information content (AvgIpc) is 2.38. The highest BCUT2D eigenvalue weighted by molar-refractivity contribution is 5.36. The minimum Gasteiger partial charge on any atom is -0.724 e. The van der Waals surface area contributed by atoms with Crippen molar-refractivity contribution >= 4 is 6.08 Å². The van der Waals surface area contributed by atoms with E-state index in [9.17, 15) is 0 Å². The van der Waals surface area contributed by atoms with Crippen LogP contribution in [0.15, 0.2) is 18.7 Å². The summed E-state index contributed by atoms with van der Waals surface area (Å²) in [7, 11) is 4.00. The van der Waals surface area contributed by atoms with Crippen LogP contribution in [0.2, 0.25) is 0 Å².